The van der Waals surface area contributed by atoms with Gasteiger partial charge in [-0.3, -0.25) is 9.78 Å². The van der Waals surface area contributed by atoms with Crippen molar-refractivity contribution in [3.8, 4) is 0 Å². The number of carbonyl (C=O) groups is 1. The van der Waals surface area contributed by atoms with Gasteiger partial charge in [0.2, 0.25) is 0 Å². The van der Waals surface area contributed by atoms with Crippen LogP contribution in [0.15, 0.2) is 59.2 Å². The molecule has 0 atom stereocenters. The van der Waals surface area contributed by atoms with Gasteiger partial charge in [-0.1, -0.05) is 34.1 Å². The molecule has 0 aliphatic carbocycles. The minimum atomic E-state index is -0.536. The number of pyridine rings is 1. The van der Waals surface area contributed by atoms with Gasteiger partial charge in [-0.05, 0) is 30.3 Å². The van der Waals surface area contributed by atoms with E-state index >= 15 is 0 Å². The molecule has 1 heterocycles. The molecule has 20 heavy (non-hydrogen) atoms. The molecule has 0 fully saturated rings. The van der Waals surface area contributed by atoms with Crippen molar-refractivity contribution >= 4 is 32.6 Å². The maximum absolute atomic E-state index is 13.8. The van der Waals surface area contributed by atoms with Crippen molar-refractivity contribution in [2.75, 3.05) is 0 Å². The molecule has 2 nitrogen and oxygen atoms in total. The van der Waals surface area contributed by atoms with E-state index in [0.717, 1.165) is 10.9 Å². The van der Waals surface area contributed by atoms with Gasteiger partial charge in [-0.2, -0.15) is 0 Å². The van der Waals surface area contributed by atoms with Gasteiger partial charge in [0.25, 0.3) is 0 Å². The second-order valence-corrected chi connectivity index (χ2v) is 5.29. The number of rotatable bonds is 2. The quantitative estimate of drug-likeness (QED) is 0.653. The zero-order valence-corrected chi connectivity index (χ0v) is 11.9. The van der Waals surface area contributed by atoms with Crippen LogP contribution < -0.4 is 0 Å². The van der Waals surface area contributed by atoms with Crippen molar-refractivity contribution in [3.05, 3.63) is 76.1 Å². The van der Waals surface area contributed by atoms with Crippen LogP contribution in [0.3, 0.4) is 0 Å². The number of aromatic nitrogens is 1. The number of hydrogen-bond acceptors (Lipinski definition) is 2. The first-order valence-electron chi connectivity index (χ1n) is 6.00. The molecule has 0 aliphatic rings. The van der Waals surface area contributed by atoms with Gasteiger partial charge in [-0.15, -0.1) is 0 Å². The summed E-state index contributed by atoms with van der Waals surface area (Å²) in [6.45, 7) is 0. The first-order valence-corrected chi connectivity index (χ1v) is 6.79. The van der Waals surface area contributed by atoms with Crippen molar-refractivity contribution in [1.29, 1.82) is 0 Å². The summed E-state index contributed by atoms with van der Waals surface area (Å²) in [6, 6.07) is 13.5. The van der Waals surface area contributed by atoms with Crippen molar-refractivity contribution < 1.29 is 9.18 Å². The van der Waals surface area contributed by atoms with Crippen molar-refractivity contribution in [1.82, 2.24) is 4.98 Å². The highest BCUT2D eigenvalue weighted by Crippen LogP contribution is 2.20. The molecule has 4 heteroatoms. The van der Waals surface area contributed by atoms with E-state index in [-0.39, 0.29) is 11.3 Å². The number of halogens is 2. The normalized spacial score (nSPS) is 10.7. The molecule has 0 unspecified atom stereocenters. The van der Waals surface area contributed by atoms with Crippen LogP contribution in [-0.4, -0.2) is 10.8 Å². The smallest absolute Gasteiger partial charge is 0.197 e. The van der Waals surface area contributed by atoms with Gasteiger partial charge < -0.3 is 0 Å². The Morgan fingerprint density at radius 3 is 2.75 bits per heavy atom. The summed E-state index contributed by atoms with van der Waals surface area (Å²) >= 11 is 3.24. The van der Waals surface area contributed by atoms with Gasteiger partial charge in [0, 0.05) is 21.6 Å². The fourth-order valence-corrected chi connectivity index (χ4v) is 2.38. The lowest BCUT2D eigenvalue weighted by Crippen LogP contribution is -2.05. The lowest BCUT2D eigenvalue weighted by atomic mass is 10.0. The maximum Gasteiger partial charge on any atom is 0.197 e. The highest BCUT2D eigenvalue weighted by atomic mass is 79.9. The van der Waals surface area contributed by atoms with Crippen LogP contribution >= 0.6 is 15.9 Å². The highest BCUT2D eigenvalue weighted by molar-refractivity contribution is 9.10. The minimum Gasteiger partial charge on any atom is -0.288 e. The molecule has 0 bridgehead atoms. The van der Waals surface area contributed by atoms with Crippen molar-refractivity contribution in [2.45, 2.75) is 0 Å². The molecule has 0 N–H and O–H groups in total. The summed E-state index contributed by atoms with van der Waals surface area (Å²) in [5.41, 5.74) is 1.22. The SMILES string of the molecule is O=C(c1cnc2ccccc2c1)c1cc(Br)ccc1F. The Bertz CT molecular complexity index is 816. The molecule has 0 aliphatic heterocycles. The Hall–Kier alpha value is -2.07. The van der Waals surface area contributed by atoms with Crippen LogP contribution in [0.25, 0.3) is 10.9 Å². The molecule has 0 saturated carbocycles. The monoisotopic (exact) mass is 329 g/mol. The summed E-state index contributed by atoms with van der Waals surface area (Å²) in [5, 5.41) is 0.855. The fraction of sp³-hybridized carbons (Fsp3) is 0. The first kappa shape index (κ1) is 12.9. The molecule has 0 saturated heterocycles. The molecule has 2 aromatic carbocycles. The molecular formula is C16H9BrFNO. The molecule has 98 valence electrons. The Kier molecular flexibility index (Phi) is 3.32. The molecule has 0 amide bonds. The number of ketones is 1. The number of benzene rings is 2. The van der Waals surface area contributed by atoms with E-state index in [4.69, 9.17) is 0 Å². The standard InChI is InChI=1S/C16H9BrFNO/c17-12-5-6-14(18)13(8-12)16(20)11-7-10-3-1-2-4-15(10)19-9-11/h1-9H. The second kappa shape index (κ2) is 5.13. The summed E-state index contributed by atoms with van der Waals surface area (Å²) < 4.78 is 14.4. The number of fused-ring (bicyclic) bond motifs is 1. The predicted octanol–water partition coefficient (Wildman–Crippen LogP) is 4.37. The van der Waals surface area contributed by atoms with Crippen LogP contribution in [0.4, 0.5) is 4.39 Å². The lowest BCUT2D eigenvalue weighted by Gasteiger charge is -2.04. The third kappa shape index (κ3) is 2.34. The maximum atomic E-state index is 13.8. The van der Waals surface area contributed by atoms with Crippen molar-refractivity contribution in [3.63, 3.8) is 0 Å². The van der Waals surface area contributed by atoms with E-state index in [9.17, 15) is 9.18 Å². The topological polar surface area (TPSA) is 30.0 Å². The Morgan fingerprint density at radius 2 is 1.90 bits per heavy atom. The molecule has 1 aromatic heterocycles. The van der Waals surface area contributed by atoms with Crippen LogP contribution in [-0.2, 0) is 0 Å². The molecule has 0 radical (unpaired) electrons. The molecule has 3 rings (SSSR count). The predicted molar refractivity (Wildman–Crippen MR) is 79.3 cm³/mol. The summed E-state index contributed by atoms with van der Waals surface area (Å²) in [6.07, 6.45) is 1.48. The number of carbonyl (C=O) groups excluding carboxylic acids is 1. The van der Waals surface area contributed by atoms with Crippen LogP contribution in [0.2, 0.25) is 0 Å². The van der Waals surface area contributed by atoms with E-state index < -0.39 is 5.82 Å². The summed E-state index contributed by atoms with van der Waals surface area (Å²) in [4.78, 5) is 16.6. The molecular weight excluding hydrogens is 321 g/mol. The number of nitrogens with zero attached hydrogens (tertiary/aromatic N) is 1. The van der Waals surface area contributed by atoms with Crippen LogP contribution in [0.5, 0.6) is 0 Å². The summed E-state index contributed by atoms with van der Waals surface area (Å²) in [7, 11) is 0. The van der Waals surface area contributed by atoms with E-state index in [0.29, 0.717) is 10.0 Å². The first-order chi connectivity index (χ1) is 9.65. The van der Waals surface area contributed by atoms with Gasteiger partial charge >= 0.3 is 0 Å². The zero-order valence-electron chi connectivity index (χ0n) is 10.3. The highest BCUT2D eigenvalue weighted by Gasteiger charge is 2.15. The average Bonchev–Trinajstić information content (AvgIpc) is 2.48. The zero-order chi connectivity index (χ0) is 14.1. The van der Waals surface area contributed by atoms with E-state index in [1.807, 2.05) is 24.3 Å². The Morgan fingerprint density at radius 1 is 1.10 bits per heavy atom. The third-order valence-electron chi connectivity index (χ3n) is 3.03. The minimum absolute atomic E-state index is 0.0384. The fourth-order valence-electron chi connectivity index (χ4n) is 2.02. The Balaban J connectivity index is 2.10. The van der Waals surface area contributed by atoms with Gasteiger partial charge in [0.05, 0.1) is 11.1 Å². The van der Waals surface area contributed by atoms with Gasteiger partial charge in [-0.25, -0.2) is 4.39 Å². The second-order valence-electron chi connectivity index (χ2n) is 4.37. The molecule has 3 aromatic rings. The Labute approximate surface area is 123 Å². The lowest BCUT2D eigenvalue weighted by molar-refractivity contribution is 0.103. The average molecular weight is 330 g/mol. The van der Waals surface area contributed by atoms with E-state index in [1.54, 1.807) is 12.1 Å². The van der Waals surface area contributed by atoms with E-state index in [1.165, 1.54) is 18.3 Å². The third-order valence-corrected chi connectivity index (χ3v) is 3.52. The molecule has 0 spiro atoms. The van der Waals surface area contributed by atoms with Gasteiger partial charge in [0.15, 0.2) is 5.78 Å². The van der Waals surface area contributed by atoms with E-state index in [2.05, 4.69) is 20.9 Å². The number of para-hydroxylation sites is 1. The summed E-state index contributed by atoms with van der Waals surface area (Å²) in [5.74, 6) is -0.909. The van der Waals surface area contributed by atoms with Crippen LogP contribution in [0.1, 0.15) is 15.9 Å². The number of hydrogen-bond donors (Lipinski definition) is 0. The van der Waals surface area contributed by atoms with Gasteiger partial charge in [0.1, 0.15) is 5.82 Å². The van der Waals surface area contributed by atoms with Crippen LogP contribution in [0, 0.1) is 5.82 Å². The van der Waals surface area contributed by atoms with Crippen molar-refractivity contribution in [2.24, 2.45) is 0 Å². The largest absolute Gasteiger partial charge is 0.288 e.